The number of carbonyl (C=O) groups is 4. The molecule has 0 saturated carbocycles. The molecule has 1 saturated heterocycles. The molecule has 11 heteroatoms. The molecule has 0 radical (unpaired) electrons. The van der Waals surface area contributed by atoms with Crippen LogP contribution < -0.4 is 5.32 Å². The van der Waals surface area contributed by atoms with Gasteiger partial charge >= 0.3 is 12.1 Å². The number of β-lactam (4-membered cyclic amide) rings is 1. The van der Waals surface area contributed by atoms with E-state index in [1.165, 1.54) is 32.9 Å². The van der Waals surface area contributed by atoms with E-state index in [-0.39, 0.29) is 24.6 Å². The second-order valence-electron chi connectivity index (χ2n) is 9.72. The lowest BCUT2D eigenvalue weighted by Gasteiger charge is -2.49. The third-order valence-corrected chi connectivity index (χ3v) is 8.85. The highest BCUT2D eigenvalue weighted by atomic mass is 32.2. The molecule has 2 atom stereocenters. The first-order valence-electron chi connectivity index (χ1n) is 13.0. The average molecular weight is 592 g/mol. The number of nitrogens with one attached hydrogen (secondary N) is 1. The van der Waals surface area contributed by atoms with E-state index in [9.17, 15) is 19.2 Å². The van der Waals surface area contributed by atoms with E-state index in [1.54, 1.807) is 14.1 Å². The first kappa shape index (κ1) is 28.4. The molecule has 0 bridgehead atoms. The Morgan fingerprint density at radius 2 is 1.66 bits per heavy atom. The lowest BCUT2D eigenvalue weighted by atomic mass is 10.0. The molecule has 9 nitrogen and oxygen atoms in total. The molecule has 2 aromatic carbocycles. The maximum atomic E-state index is 13.9. The summed E-state index contributed by atoms with van der Waals surface area (Å²) in [6, 6.07) is 21.6. The summed E-state index contributed by atoms with van der Waals surface area (Å²) in [5.74, 6) is -1.07. The standard InChI is InChI=1S/C30H29N3O6S2/c1-32(2)30(37)38-17-21-18-41-28-24(31-23(34)16-22-14-9-15-40-22)27(35)33(28)25(21)29(36)39-26(19-10-5-3-6-11-19)20-12-7-4-8-13-20/h3-15,24,26,28H,16-18H2,1-2H3,(H,31,34)/t24?,28-/m0/s1. The van der Waals surface area contributed by atoms with E-state index >= 15 is 0 Å². The zero-order valence-corrected chi connectivity index (χ0v) is 24.2. The number of thioether (sulfide) groups is 1. The van der Waals surface area contributed by atoms with Gasteiger partial charge in [0, 0.05) is 30.3 Å². The molecule has 1 unspecified atom stereocenters. The van der Waals surface area contributed by atoms with Gasteiger partial charge in [0.15, 0.2) is 6.10 Å². The minimum absolute atomic E-state index is 0.0472. The number of thiophene rings is 1. The largest absolute Gasteiger partial charge is 0.448 e. The van der Waals surface area contributed by atoms with Gasteiger partial charge in [-0.05, 0) is 22.6 Å². The second-order valence-corrected chi connectivity index (χ2v) is 11.9. The number of nitrogens with zero attached hydrogens (tertiary/aromatic N) is 2. The third-order valence-electron chi connectivity index (χ3n) is 6.64. The maximum Gasteiger partial charge on any atom is 0.409 e. The highest BCUT2D eigenvalue weighted by Crippen LogP contribution is 2.41. The Bertz CT molecular complexity index is 1400. The van der Waals surface area contributed by atoms with Crippen molar-refractivity contribution in [1.82, 2.24) is 15.1 Å². The van der Waals surface area contributed by atoms with Crippen LogP contribution in [0, 0.1) is 0 Å². The Kier molecular flexibility index (Phi) is 8.75. The number of fused-ring (bicyclic) bond motifs is 1. The number of ether oxygens (including phenoxy) is 2. The minimum atomic E-state index is -0.778. The number of hydrogen-bond acceptors (Lipinski definition) is 8. The first-order valence-corrected chi connectivity index (χ1v) is 14.9. The lowest BCUT2D eigenvalue weighted by molar-refractivity contribution is -0.154. The monoisotopic (exact) mass is 591 g/mol. The second kappa shape index (κ2) is 12.6. The van der Waals surface area contributed by atoms with E-state index < -0.39 is 35.5 Å². The fraction of sp³-hybridized carbons (Fsp3) is 0.267. The zero-order valence-electron chi connectivity index (χ0n) is 22.5. The zero-order chi connectivity index (χ0) is 28.9. The summed E-state index contributed by atoms with van der Waals surface area (Å²) in [5, 5.41) is 4.23. The van der Waals surface area contributed by atoms with Gasteiger partial charge in [-0.15, -0.1) is 23.1 Å². The van der Waals surface area contributed by atoms with Gasteiger partial charge in [-0.2, -0.15) is 0 Å². The van der Waals surface area contributed by atoms with Crippen molar-refractivity contribution in [3.05, 3.63) is 105 Å². The van der Waals surface area contributed by atoms with Crippen LogP contribution in [0.5, 0.6) is 0 Å². The minimum Gasteiger partial charge on any atom is -0.448 e. The van der Waals surface area contributed by atoms with Gasteiger partial charge in [0.1, 0.15) is 23.7 Å². The van der Waals surface area contributed by atoms with E-state index in [1.807, 2.05) is 78.2 Å². The van der Waals surface area contributed by atoms with Crippen molar-refractivity contribution in [3.63, 3.8) is 0 Å². The fourth-order valence-corrected chi connectivity index (χ4v) is 6.63. The Morgan fingerprint density at radius 1 is 1.00 bits per heavy atom. The number of amides is 3. The quantitative estimate of drug-likeness (QED) is 0.297. The van der Waals surface area contributed by atoms with Crippen molar-refractivity contribution >= 4 is 47.0 Å². The van der Waals surface area contributed by atoms with Gasteiger partial charge in [-0.1, -0.05) is 66.7 Å². The van der Waals surface area contributed by atoms with Crippen LogP contribution in [0.4, 0.5) is 4.79 Å². The number of carbonyl (C=O) groups excluding carboxylic acids is 4. The number of rotatable bonds is 9. The van der Waals surface area contributed by atoms with E-state index in [2.05, 4.69) is 5.32 Å². The molecule has 41 heavy (non-hydrogen) atoms. The molecule has 5 rings (SSSR count). The molecular weight excluding hydrogens is 562 g/mol. The van der Waals surface area contributed by atoms with Crippen LogP contribution in [0.15, 0.2) is 89.4 Å². The molecule has 3 heterocycles. The van der Waals surface area contributed by atoms with Gasteiger partial charge in [-0.3, -0.25) is 14.5 Å². The van der Waals surface area contributed by atoms with E-state index in [0.29, 0.717) is 11.3 Å². The molecule has 0 spiro atoms. The lowest BCUT2D eigenvalue weighted by Crippen LogP contribution is -2.70. The number of hydrogen-bond donors (Lipinski definition) is 1. The molecule has 3 amide bonds. The van der Waals surface area contributed by atoms with Gasteiger partial charge in [0.05, 0.1) is 6.42 Å². The molecule has 2 aliphatic heterocycles. The molecule has 2 aliphatic rings. The molecule has 1 N–H and O–H groups in total. The predicted molar refractivity (Wildman–Crippen MR) is 156 cm³/mol. The summed E-state index contributed by atoms with van der Waals surface area (Å²) in [4.78, 5) is 55.7. The Morgan fingerprint density at radius 3 is 2.24 bits per heavy atom. The highest BCUT2D eigenvalue weighted by Gasteiger charge is 2.54. The summed E-state index contributed by atoms with van der Waals surface area (Å²) in [5.41, 5.74) is 2.04. The van der Waals surface area contributed by atoms with Crippen LogP contribution in [-0.4, -0.2) is 71.5 Å². The summed E-state index contributed by atoms with van der Waals surface area (Å²) in [6.07, 6.45) is -1.13. The fourth-order valence-electron chi connectivity index (χ4n) is 4.60. The molecule has 1 aromatic heterocycles. The van der Waals surface area contributed by atoms with E-state index in [4.69, 9.17) is 9.47 Å². The van der Waals surface area contributed by atoms with Crippen LogP contribution >= 0.6 is 23.1 Å². The summed E-state index contributed by atoms with van der Waals surface area (Å²) < 4.78 is 11.5. The van der Waals surface area contributed by atoms with Crippen molar-refractivity contribution in [1.29, 1.82) is 0 Å². The first-order chi connectivity index (χ1) is 19.8. The Labute approximate surface area is 246 Å². The van der Waals surface area contributed by atoms with Gasteiger partial charge in [-0.25, -0.2) is 9.59 Å². The third kappa shape index (κ3) is 6.31. The molecule has 3 aromatic rings. The highest BCUT2D eigenvalue weighted by molar-refractivity contribution is 8.00. The Balaban J connectivity index is 1.41. The molecular formula is C30H29N3O6S2. The SMILES string of the molecule is CN(C)C(=O)OCC1=C(C(=O)OC(c2ccccc2)c2ccccc2)N2C(=O)C(NC(=O)Cc3cccs3)[C@@H]2SC1. The van der Waals surface area contributed by atoms with Crippen LogP contribution in [0.2, 0.25) is 0 Å². The topological polar surface area (TPSA) is 105 Å². The summed E-state index contributed by atoms with van der Waals surface area (Å²) in [6.45, 7) is -0.179. The van der Waals surface area contributed by atoms with Crippen molar-refractivity contribution < 1.29 is 28.7 Å². The number of esters is 1. The molecule has 212 valence electrons. The summed E-state index contributed by atoms with van der Waals surface area (Å²) in [7, 11) is 3.12. The number of benzene rings is 2. The molecule has 0 aliphatic carbocycles. The van der Waals surface area contributed by atoms with E-state index in [0.717, 1.165) is 16.0 Å². The van der Waals surface area contributed by atoms with Crippen LogP contribution in [-0.2, 0) is 30.3 Å². The Hall–Kier alpha value is -4.09. The maximum absolute atomic E-state index is 13.9. The van der Waals surface area contributed by atoms with Gasteiger partial charge < -0.3 is 19.7 Å². The summed E-state index contributed by atoms with van der Waals surface area (Å²) >= 11 is 2.87. The van der Waals surface area contributed by atoms with Crippen LogP contribution in [0.3, 0.4) is 0 Å². The van der Waals surface area contributed by atoms with Gasteiger partial charge in [0.25, 0.3) is 5.91 Å². The van der Waals surface area contributed by atoms with Crippen molar-refractivity contribution in [2.24, 2.45) is 0 Å². The van der Waals surface area contributed by atoms with Crippen LogP contribution in [0.1, 0.15) is 22.1 Å². The van der Waals surface area contributed by atoms with Crippen molar-refractivity contribution in [2.45, 2.75) is 23.9 Å². The van der Waals surface area contributed by atoms with Crippen molar-refractivity contribution in [2.75, 3.05) is 26.5 Å². The van der Waals surface area contributed by atoms with Crippen molar-refractivity contribution in [3.8, 4) is 0 Å². The van der Waals surface area contributed by atoms with Crippen LogP contribution in [0.25, 0.3) is 0 Å². The predicted octanol–water partition coefficient (Wildman–Crippen LogP) is 3.98. The van der Waals surface area contributed by atoms with Gasteiger partial charge in [0.2, 0.25) is 5.91 Å². The smallest absolute Gasteiger partial charge is 0.409 e. The normalized spacial score (nSPS) is 17.9. The average Bonchev–Trinajstić information content (AvgIpc) is 3.50. The molecule has 1 fully saturated rings.